The quantitative estimate of drug-likeness (QED) is 0.0441. The van der Waals surface area contributed by atoms with Gasteiger partial charge >= 0.3 is 6.09 Å². The maximum absolute atomic E-state index is 14.6. The largest absolute Gasteiger partial charge is 0.490 e. The fourth-order valence-corrected chi connectivity index (χ4v) is 10.3. The zero-order chi connectivity index (χ0) is 44.0. The van der Waals surface area contributed by atoms with Crippen molar-refractivity contribution in [3.63, 3.8) is 0 Å². The first-order valence-electron chi connectivity index (χ1n) is 24.5. The minimum absolute atomic E-state index is 0.114. The topological polar surface area (TPSA) is 129 Å². The highest BCUT2D eigenvalue weighted by molar-refractivity contribution is 6.03. The molecule has 0 aromatic heterocycles. The number of ether oxygens (including phenoxy) is 5. The van der Waals surface area contributed by atoms with Crippen molar-refractivity contribution in [2.24, 2.45) is 22.9 Å². The number of carbonyl (C=O) groups excluding carboxylic acids is 1. The number of carbonyl (C=O) groups is 1. The molecule has 4 aliphatic rings. The Morgan fingerprint density at radius 3 is 2.31 bits per heavy atom. The van der Waals surface area contributed by atoms with Crippen LogP contribution in [0.1, 0.15) is 160 Å². The number of unbranched alkanes of at least 4 members (excludes halogenated alkanes) is 11. The average Bonchev–Trinajstić information content (AvgIpc) is 3.29. The number of aliphatic hydroxyl groups excluding tert-OH is 2. The van der Waals surface area contributed by atoms with Gasteiger partial charge in [-0.2, -0.15) is 0 Å². The van der Waals surface area contributed by atoms with Gasteiger partial charge in [-0.3, -0.25) is 4.90 Å². The lowest BCUT2D eigenvalue weighted by Gasteiger charge is -2.60. The van der Waals surface area contributed by atoms with Gasteiger partial charge in [-0.05, 0) is 87.0 Å². The van der Waals surface area contributed by atoms with Crippen molar-refractivity contribution in [2.75, 3.05) is 46.2 Å². The van der Waals surface area contributed by atoms with Crippen molar-refractivity contribution in [3.05, 3.63) is 60.7 Å². The smallest absolute Gasteiger partial charge is 0.410 e. The molecular formula is C51H80N2O9. The van der Waals surface area contributed by atoms with Crippen molar-refractivity contribution in [3.8, 4) is 11.5 Å². The summed E-state index contributed by atoms with van der Waals surface area (Å²) < 4.78 is 32.7. The Hall–Kier alpha value is -3.38. The Kier molecular flexibility index (Phi) is 21.7. The molecule has 5 rings (SSSR count). The van der Waals surface area contributed by atoms with Gasteiger partial charge in [-0.25, -0.2) is 4.79 Å². The number of nitrogens with zero attached hydrogens (tertiary/aromatic N) is 2. The van der Waals surface area contributed by atoms with Gasteiger partial charge in [0.1, 0.15) is 24.1 Å². The van der Waals surface area contributed by atoms with Crippen LogP contribution >= 0.6 is 0 Å². The Bertz CT molecular complexity index is 1560. The molecule has 1 amide bonds. The van der Waals surface area contributed by atoms with Crippen molar-refractivity contribution in [1.82, 2.24) is 4.90 Å². The molecule has 2 aliphatic carbocycles. The van der Waals surface area contributed by atoms with Crippen molar-refractivity contribution >= 4 is 11.8 Å². The number of fused-ring (bicyclic) bond motifs is 2. The highest BCUT2D eigenvalue weighted by atomic mass is 16.8. The van der Waals surface area contributed by atoms with E-state index in [1.807, 2.05) is 17.0 Å². The van der Waals surface area contributed by atoms with E-state index in [0.717, 1.165) is 86.8 Å². The van der Waals surface area contributed by atoms with E-state index in [9.17, 15) is 15.0 Å². The summed E-state index contributed by atoms with van der Waals surface area (Å²) in [7, 11) is 0. The van der Waals surface area contributed by atoms with Crippen LogP contribution in [0, 0.1) is 17.8 Å². The Balaban J connectivity index is 1.57. The highest BCUT2D eigenvalue weighted by Crippen LogP contribution is 2.62. The van der Waals surface area contributed by atoms with Gasteiger partial charge in [0.15, 0.2) is 0 Å². The standard InChI is InChI=1S/C51H80N2O9/c1-5-9-10-11-12-13-14-15-16-22-35-59-50(56)53(29-6-2)46-38-44(52-62-47-26-19-23-34-58-47)42-36-39(24-17-20-30-54)41(25-18-21-31-55)48-43-37-40(57-32-7-3)27-28-45(43)61-51(46,49(42)48)60-33-8-4/h7-8,27-28,36-37,39,41,46-49,54-55H,3-6,9-26,29-35,38H2,1-2H3/t39-,41+,46-,47?,48+,49+,51+/m0/s1. The van der Waals surface area contributed by atoms with Gasteiger partial charge in [0.25, 0.3) is 0 Å². The average molecular weight is 865 g/mol. The van der Waals surface area contributed by atoms with E-state index < -0.39 is 24.0 Å². The van der Waals surface area contributed by atoms with Crippen LogP contribution < -0.4 is 9.47 Å². The number of aliphatic hydroxyl groups is 2. The second-order valence-corrected chi connectivity index (χ2v) is 17.8. The lowest BCUT2D eigenvalue weighted by atomic mass is 9.55. The molecule has 0 bridgehead atoms. The maximum Gasteiger partial charge on any atom is 0.410 e. The zero-order valence-electron chi connectivity index (χ0n) is 38.3. The molecule has 2 aliphatic heterocycles. The lowest BCUT2D eigenvalue weighted by molar-refractivity contribution is -0.255. The fraction of sp³-hybridized carbons (Fsp3) is 0.725. The van der Waals surface area contributed by atoms with Crippen LogP contribution in [0.3, 0.4) is 0 Å². The van der Waals surface area contributed by atoms with E-state index in [0.29, 0.717) is 57.8 Å². The third kappa shape index (κ3) is 13.3. The second-order valence-electron chi connectivity index (χ2n) is 17.8. The summed E-state index contributed by atoms with van der Waals surface area (Å²) in [5.41, 5.74) is 2.77. The summed E-state index contributed by atoms with van der Waals surface area (Å²) in [6.45, 7) is 14.5. The summed E-state index contributed by atoms with van der Waals surface area (Å²) in [6.07, 6.45) is 25.6. The van der Waals surface area contributed by atoms with E-state index in [-0.39, 0.29) is 43.7 Å². The first-order chi connectivity index (χ1) is 30.5. The van der Waals surface area contributed by atoms with E-state index in [1.54, 1.807) is 12.2 Å². The minimum Gasteiger partial charge on any atom is -0.490 e. The number of rotatable bonds is 30. The summed E-state index contributed by atoms with van der Waals surface area (Å²) in [5, 5.41) is 24.8. The Morgan fingerprint density at radius 1 is 0.903 bits per heavy atom. The van der Waals surface area contributed by atoms with Crippen molar-refractivity contribution in [2.45, 2.75) is 173 Å². The first kappa shape index (κ1) is 49.6. The summed E-state index contributed by atoms with van der Waals surface area (Å²) in [5.74, 6) is -0.226. The second kappa shape index (κ2) is 27.1. The van der Waals surface area contributed by atoms with Gasteiger partial charge in [0.05, 0.1) is 31.5 Å². The number of amides is 1. The fourth-order valence-electron chi connectivity index (χ4n) is 10.3. The van der Waals surface area contributed by atoms with Gasteiger partial charge in [0.2, 0.25) is 12.1 Å². The van der Waals surface area contributed by atoms with E-state index in [1.165, 1.54) is 44.9 Å². The van der Waals surface area contributed by atoms with Crippen LogP contribution in [0.5, 0.6) is 11.5 Å². The number of hydrogen-bond donors (Lipinski definition) is 2. The lowest BCUT2D eigenvalue weighted by Crippen LogP contribution is -2.70. The molecule has 2 fully saturated rings. The Morgan fingerprint density at radius 2 is 1.63 bits per heavy atom. The molecule has 1 aromatic carbocycles. The minimum atomic E-state index is -1.34. The predicted molar refractivity (Wildman–Crippen MR) is 246 cm³/mol. The number of benzene rings is 1. The molecule has 62 heavy (non-hydrogen) atoms. The molecule has 11 heteroatoms. The molecule has 2 heterocycles. The number of oxime groups is 1. The molecule has 1 aromatic rings. The van der Waals surface area contributed by atoms with Gasteiger partial charge in [0, 0.05) is 44.1 Å². The molecule has 0 radical (unpaired) electrons. The summed E-state index contributed by atoms with van der Waals surface area (Å²) in [6, 6.07) is 5.38. The monoisotopic (exact) mass is 865 g/mol. The van der Waals surface area contributed by atoms with E-state index in [2.05, 4.69) is 39.1 Å². The normalized spacial score (nSPS) is 25.8. The van der Waals surface area contributed by atoms with Crippen LogP contribution in [-0.2, 0) is 19.0 Å². The van der Waals surface area contributed by atoms with Crippen LogP contribution in [0.25, 0.3) is 0 Å². The Labute approximate surface area is 373 Å². The van der Waals surface area contributed by atoms with Crippen molar-refractivity contribution < 1.29 is 43.5 Å². The molecule has 1 saturated carbocycles. The van der Waals surface area contributed by atoms with Crippen molar-refractivity contribution in [1.29, 1.82) is 0 Å². The number of hydrogen-bond acceptors (Lipinski definition) is 10. The van der Waals surface area contributed by atoms with E-state index >= 15 is 0 Å². The molecule has 1 saturated heterocycles. The zero-order valence-corrected chi connectivity index (χ0v) is 38.3. The van der Waals surface area contributed by atoms with Gasteiger partial charge in [-0.1, -0.05) is 114 Å². The molecule has 7 atom stereocenters. The molecule has 2 N–H and O–H groups in total. The molecule has 1 unspecified atom stereocenters. The van der Waals surface area contributed by atoms with Crippen LogP contribution in [0.4, 0.5) is 4.79 Å². The van der Waals surface area contributed by atoms with Crippen LogP contribution in [0.2, 0.25) is 0 Å². The number of allylic oxidation sites excluding steroid dienone is 1. The first-order valence-corrected chi connectivity index (χ1v) is 24.5. The molecule has 348 valence electrons. The molecule has 11 nitrogen and oxygen atoms in total. The third-order valence-electron chi connectivity index (χ3n) is 13.2. The van der Waals surface area contributed by atoms with Crippen LogP contribution in [0.15, 0.2) is 60.3 Å². The summed E-state index contributed by atoms with van der Waals surface area (Å²) >= 11 is 0. The molecule has 0 spiro atoms. The van der Waals surface area contributed by atoms with Gasteiger partial charge < -0.3 is 38.7 Å². The highest BCUT2D eigenvalue weighted by Gasteiger charge is 2.65. The predicted octanol–water partition coefficient (Wildman–Crippen LogP) is 11.2. The maximum atomic E-state index is 14.6. The summed E-state index contributed by atoms with van der Waals surface area (Å²) in [4.78, 5) is 22.7. The third-order valence-corrected chi connectivity index (χ3v) is 13.2. The van der Waals surface area contributed by atoms with Gasteiger partial charge in [-0.15, -0.1) is 6.58 Å². The van der Waals surface area contributed by atoms with Crippen LogP contribution in [-0.4, -0.2) is 91.2 Å². The van der Waals surface area contributed by atoms with E-state index in [4.69, 9.17) is 33.7 Å². The molecular weight excluding hydrogens is 785 g/mol. The SMILES string of the molecule is C=CCOc1ccc2c(c1)[C@H]1[C@H](CCCCO)[C@@H](CCCCO)C=C3C(=NOC4CCCCO4)C[C@H](N(CCC)C(=O)OCCCCCCCCCCCC)[C@@](OCC=C)(O2)[C@H]31.